The quantitative estimate of drug-likeness (QED) is 0.480. The highest BCUT2D eigenvalue weighted by Gasteiger charge is 2.23. The average Bonchev–Trinajstić information content (AvgIpc) is 1.86. The van der Waals surface area contributed by atoms with Gasteiger partial charge in [-0.05, 0) is 11.8 Å². The van der Waals surface area contributed by atoms with Gasteiger partial charge in [-0.2, -0.15) is 0 Å². The highest BCUT2D eigenvalue weighted by Crippen LogP contribution is 2.28. The first-order chi connectivity index (χ1) is 4.91. The normalized spacial score (nSPS) is 10.7. The van der Waals surface area contributed by atoms with Gasteiger partial charge in [0.1, 0.15) is 0 Å². The average molecular weight is 152 g/mol. The van der Waals surface area contributed by atoms with E-state index in [0.29, 0.717) is 6.42 Å². The molecule has 0 rings (SSSR count). The molecule has 61 valence electrons. The SMILES string of the molecule is [CH]=C(C(N)=O)C(C)(C)CC=C. The Hall–Kier alpha value is -1.05. The van der Waals surface area contributed by atoms with Crippen molar-refractivity contribution in [3.8, 4) is 0 Å². The summed E-state index contributed by atoms with van der Waals surface area (Å²) in [5, 5.41) is 0. The second-order valence-corrected chi connectivity index (χ2v) is 3.15. The molecule has 0 atom stereocenters. The van der Waals surface area contributed by atoms with Gasteiger partial charge in [-0.15, -0.1) is 6.58 Å². The summed E-state index contributed by atoms with van der Waals surface area (Å²) in [6.45, 7) is 12.8. The van der Waals surface area contributed by atoms with Gasteiger partial charge >= 0.3 is 0 Å². The number of allylic oxidation sites excluding steroid dienone is 1. The van der Waals surface area contributed by atoms with E-state index in [1.54, 1.807) is 6.08 Å². The van der Waals surface area contributed by atoms with E-state index in [4.69, 9.17) is 12.3 Å². The molecule has 0 saturated heterocycles. The lowest BCUT2D eigenvalue weighted by Crippen LogP contribution is -2.25. The first-order valence-corrected chi connectivity index (χ1v) is 3.45. The topological polar surface area (TPSA) is 43.1 Å². The summed E-state index contributed by atoms with van der Waals surface area (Å²) >= 11 is 0. The standard InChI is InChI=1S/C9H14NO/c1-5-6-9(3,4)7(2)8(10)11/h2,5H,1,6H2,3-4H3,(H2,10,11). The van der Waals surface area contributed by atoms with Gasteiger partial charge in [0.15, 0.2) is 0 Å². The van der Waals surface area contributed by atoms with Gasteiger partial charge in [0.25, 0.3) is 0 Å². The molecule has 0 heterocycles. The molecule has 2 N–H and O–H groups in total. The predicted molar refractivity (Wildman–Crippen MR) is 45.6 cm³/mol. The summed E-state index contributed by atoms with van der Waals surface area (Å²) in [4.78, 5) is 10.6. The molecule has 0 unspecified atom stereocenters. The third kappa shape index (κ3) is 2.58. The minimum atomic E-state index is -0.545. The Bertz CT molecular complexity index is 192. The number of primary amides is 1. The lowest BCUT2D eigenvalue weighted by molar-refractivity contribution is -0.115. The summed E-state index contributed by atoms with van der Waals surface area (Å²) in [5.41, 5.74) is 4.86. The van der Waals surface area contributed by atoms with Gasteiger partial charge in [0.05, 0.1) is 0 Å². The molecule has 0 aromatic rings. The highest BCUT2D eigenvalue weighted by molar-refractivity contribution is 5.92. The predicted octanol–water partition coefficient (Wildman–Crippen LogP) is 1.43. The van der Waals surface area contributed by atoms with Crippen molar-refractivity contribution >= 4 is 5.91 Å². The zero-order valence-corrected chi connectivity index (χ0v) is 7.05. The van der Waals surface area contributed by atoms with Crippen LogP contribution in [0.25, 0.3) is 0 Å². The number of carbonyl (C=O) groups is 1. The van der Waals surface area contributed by atoms with Crippen molar-refractivity contribution in [2.75, 3.05) is 0 Å². The van der Waals surface area contributed by atoms with E-state index < -0.39 is 5.91 Å². The van der Waals surface area contributed by atoms with Crippen molar-refractivity contribution in [2.45, 2.75) is 20.3 Å². The zero-order valence-electron chi connectivity index (χ0n) is 7.05. The van der Waals surface area contributed by atoms with Crippen LogP contribution < -0.4 is 5.73 Å². The van der Waals surface area contributed by atoms with E-state index in [1.165, 1.54) is 0 Å². The number of hydrogen-bond donors (Lipinski definition) is 1. The number of carbonyl (C=O) groups excluding carboxylic acids is 1. The second-order valence-electron chi connectivity index (χ2n) is 3.15. The first kappa shape index (κ1) is 9.95. The Morgan fingerprint density at radius 3 is 2.45 bits per heavy atom. The van der Waals surface area contributed by atoms with Crippen molar-refractivity contribution < 1.29 is 4.79 Å². The maximum Gasteiger partial charge on any atom is 0.245 e. The number of amides is 1. The van der Waals surface area contributed by atoms with Crippen molar-refractivity contribution in [3.05, 3.63) is 24.8 Å². The van der Waals surface area contributed by atoms with Gasteiger partial charge in [-0.25, -0.2) is 0 Å². The molecule has 0 aliphatic heterocycles. The Morgan fingerprint density at radius 2 is 2.18 bits per heavy atom. The summed E-state index contributed by atoms with van der Waals surface area (Å²) in [6, 6.07) is 0. The largest absolute Gasteiger partial charge is 0.366 e. The number of rotatable bonds is 4. The molecule has 0 spiro atoms. The summed E-state index contributed by atoms with van der Waals surface area (Å²) in [7, 11) is 0. The minimum Gasteiger partial charge on any atom is -0.366 e. The van der Waals surface area contributed by atoms with Crippen LogP contribution in [0.5, 0.6) is 0 Å². The van der Waals surface area contributed by atoms with Gasteiger partial charge in [-0.1, -0.05) is 26.5 Å². The molecule has 0 fully saturated rings. The van der Waals surface area contributed by atoms with Crippen LogP contribution in [0, 0.1) is 12.0 Å². The van der Waals surface area contributed by atoms with E-state index in [0.717, 1.165) is 0 Å². The Morgan fingerprint density at radius 1 is 1.73 bits per heavy atom. The lowest BCUT2D eigenvalue weighted by atomic mass is 9.81. The van der Waals surface area contributed by atoms with Crippen LogP contribution in [0.2, 0.25) is 0 Å². The molecule has 11 heavy (non-hydrogen) atoms. The molecule has 0 aromatic carbocycles. The van der Waals surface area contributed by atoms with E-state index in [9.17, 15) is 4.79 Å². The van der Waals surface area contributed by atoms with Crippen LogP contribution in [-0.2, 0) is 4.79 Å². The van der Waals surface area contributed by atoms with Gasteiger partial charge in [0, 0.05) is 5.57 Å². The van der Waals surface area contributed by atoms with Crippen LogP contribution in [0.15, 0.2) is 18.2 Å². The van der Waals surface area contributed by atoms with Gasteiger partial charge in [-0.3, -0.25) is 4.79 Å². The van der Waals surface area contributed by atoms with E-state index in [2.05, 4.69) is 6.58 Å². The van der Waals surface area contributed by atoms with Crippen LogP contribution >= 0.6 is 0 Å². The molecule has 1 radical (unpaired) electrons. The second kappa shape index (κ2) is 3.37. The molecule has 0 saturated carbocycles. The number of nitrogens with two attached hydrogens (primary N) is 1. The van der Waals surface area contributed by atoms with Crippen molar-refractivity contribution in [1.82, 2.24) is 0 Å². The molecule has 2 nitrogen and oxygen atoms in total. The Balaban J connectivity index is 4.41. The molecular formula is C9H14NO. The third-order valence-electron chi connectivity index (χ3n) is 1.65. The van der Waals surface area contributed by atoms with Crippen LogP contribution in [0.4, 0.5) is 0 Å². The smallest absolute Gasteiger partial charge is 0.245 e. The highest BCUT2D eigenvalue weighted by atomic mass is 16.1. The van der Waals surface area contributed by atoms with E-state index in [1.807, 2.05) is 13.8 Å². The molecule has 1 amide bonds. The molecule has 0 aliphatic carbocycles. The lowest BCUT2D eigenvalue weighted by Gasteiger charge is -2.22. The van der Waals surface area contributed by atoms with E-state index in [-0.39, 0.29) is 11.0 Å². The van der Waals surface area contributed by atoms with Crippen LogP contribution in [0.3, 0.4) is 0 Å². The van der Waals surface area contributed by atoms with Crippen molar-refractivity contribution in [2.24, 2.45) is 11.1 Å². The number of hydrogen-bond acceptors (Lipinski definition) is 1. The maximum atomic E-state index is 10.6. The maximum absolute atomic E-state index is 10.6. The fourth-order valence-electron chi connectivity index (χ4n) is 0.804. The Kier molecular flexibility index (Phi) is 3.05. The van der Waals surface area contributed by atoms with Gasteiger partial charge < -0.3 is 5.73 Å². The molecule has 0 aromatic heterocycles. The zero-order chi connectivity index (χ0) is 9.07. The first-order valence-electron chi connectivity index (χ1n) is 3.45. The van der Waals surface area contributed by atoms with Crippen molar-refractivity contribution in [3.63, 3.8) is 0 Å². The van der Waals surface area contributed by atoms with Gasteiger partial charge in [0.2, 0.25) is 5.91 Å². The van der Waals surface area contributed by atoms with Crippen LogP contribution in [-0.4, -0.2) is 5.91 Å². The monoisotopic (exact) mass is 152 g/mol. The molecule has 0 aliphatic rings. The summed E-state index contributed by atoms with van der Waals surface area (Å²) in [6.07, 6.45) is 2.37. The fourth-order valence-corrected chi connectivity index (χ4v) is 0.804. The third-order valence-corrected chi connectivity index (χ3v) is 1.65. The fraction of sp³-hybridized carbons (Fsp3) is 0.444. The Labute approximate surface area is 67.8 Å². The van der Waals surface area contributed by atoms with E-state index >= 15 is 0 Å². The molecule has 2 heteroatoms. The van der Waals surface area contributed by atoms with Crippen LogP contribution in [0.1, 0.15) is 20.3 Å². The minimum absolute atomic E-state index is 0.206. The summed E-state index contributed by atoms with van der Waals surface area (Å²) in [5.74, 6) is -0.545. The van der Waals surface area contributed by atoms with Crippen molar-refractivity contribution in [1.29, 1.82) is 0 Å². The molecule has 0 bridgehead atoms. The molecular weight excluding hydrogens is 138 g/mol. The summed E-state index contributed by atoms with van der Waals surface area (Å²) < 4.78 is 0.